The van der Waals surface area contributed by atoms with Crippen LogP contribution in [-0.4, -0.2) is 28.0 Å². The molecular formula is C15H15NO2Se. The molecule has 2 rings (SSSR count). The van der Waals surface area contributed by atoms with Gasteiger partial charge in [-0.05, 0) is 0 Å². The monoisotopic (exact) mass is 321 g/mol. The summed E-state index contributed by atoms with van der Waals surface area (Å²) in [5, 5.41) is 3.41. The van der Waals surface area contributed by atoms with Gasteiger partial charge in [0.1, 0.15) is 0 Å². The third kappa shape index (κ3) is 4.12. The van der Waals surface area contributed by atoms with Crippen LogP contribution in [0.15, 0.2) is 54.6 Å². The van der Waals surface area contributed by atoms with E-state index in [1.165, 1.54) is 4.46 Å². The van der Waals surface area contributed by atoms with Crippen LogP contribution >= 0.6 is 0 Å². The first kappa shape index (κ1) is 13.7. The van der Waals surface area contributed by atoms with Crippen molar-refractivity contribution in [2.45, 2.75) is 5.32 Å². The first-order chi connectivity index (χ1) is 9.29. The van der Waals surface area contributed by atoms with Crippen LogP contribution in [-0.2, 0) is 4.79 Å². The molecule has 0 aliphatic carbocycles. The third-order valence-electron chi connectivity index (χ3n) is 2.49. The number of carbonyl (C=O) groups excluding carboxylic acids is 1. The fourth-order valence-electron chi connectivity index (χ4n) is 1.60. The Labute approximate surface area is 119 Å². The van der Waals surface area contributed by atoms with E-state index in [1.807, 2.05) is 42.5 Å². The first-order valence-corrected chi connectivity index (χ1v) is 7.97. The van der Waals surface area contributed by atoms with Crippen molar-refractivity contribution in [3.63, 3.8) is 0 Å². The molecule has 98 valence electrons. The van der Waals surface area contributed by atoms with Crippen LogP contribution in [0.3, 0.4) is 0 Å². The molecule has 0 unspecified atom stereocenters. The van der Waals surface area contributed by atoms with Crippen LogP contribution in [0.1, 0.15) is 0 Å². The van der Waals surface area contributed by atoms with Gasteiger partial charge in [0.05, 0.1) is 0 Å². The Balaban J connectivity index is 1.91. The zero-order chi connectivity index (χ0) is 13.5. The van der Waals surface area contributed by atoms with Crippen LogP contribution in [0, 0.1) is 0 Å². The summed E-state index contributed by atoms with van der Waals surface area (Å²) in [6, 6.07) is 17.5. The number of ether oxygens (including phenoxy) is 1. The van der Waals surface area contributed by atoms with E-state index in [-0.39, 0.29) is 20.9 Å². The van der Waals surface area contributed by atoms with Crippen LogP contribution in [0.25, 0.3) is 0 Å². The first-order valence-electron chi connectivity index (χ1n) is 5.90. The van der Waals surface area contributed by atoms with Gasteiger partial charge in [0.15, 0.2) is 0 Å². The van der Waals surface area contributed by atoms with Crippen LogP contribution in [0.2, 0.25) is 5.32 Å². The number of nitrogens with one attached hydrogen (secondary N) is 1. The SMILES string of the molecule is COc1ccccc1NC(=O)C[Se]c1ccccc1. The Bertz CT molecular complexity index is 543. The van der Waals surface area contributed by atoms with Gasteiger partial charge in [-0.2, -0.15) is 0 Å². The van der Waals surface area contributed by atoms with Crippen molar-refractivity contribution in [3.05, 3.63) is 54.6 Å². The summed E-state index contributed by atoms with van der Waals surface area (Å²) in [5.74, 6) is 0.705. The standard InChI is InChI=1S/C15H15NO2Se/c1-18-14-10-6-5-9-13(14)16-15(17)11-19-12-7-3-2-4-8-12/h2-10H,11H2,1H3,(H,16,17). The zero-order valence-electron chi connectivity index (χ0n) is 10.6. The Morgan fingerprint density at radius 1 is 1.11 bits per heavy atom. The molecule has 0 atom stereocenters. The van der Waals surface area contributed by atoms with Crippen LogP contribution < -0.4 is 14.5 Å². The van der Waals surface area contributed by atoms with Gasteiger partial charge in [0.25, 0.3) is 0 Å². The van der Waals surface area contributed by atoms with Gasteiger partial charge in [-0.25, -0.2) is 0 Å². The molecule has 0 fully saturated rings. The summed E-state index contributed by atoms with van der Waals surface area (Å²) in [4.78, 5) is 11.9. The number of para-hydroxylation sites is 2. The second kappa shape index (κ2) is 6.98. The molecule has 0 saturated carbocycles. The van der Waals surface area contributed by atoms with Gasteiger partial charge in [-0.1, -0.05) is 0 Å². The van der Waals surface area contributed by atoms with E-state index in [1.54, 1.807) is 7.11 Å². The van der Waals surface area contributed by atoms with Crippen molar-refractivity contribution in [2.75, 3.05) is 12.4 Å². The van der Waals surface area contributed by atoms with E-state index in [9.17, 15) is 4.79 Å². The number of benzene rings is 2. The van der Waals surface area contributed by atoms with Gasteiger partial charge < -0.3 is 0 Å². The van der Waals surface area contributed by atoms with E-state index in [0.717, 1.165) is 5.69 Å². The minimum atomic E-state index is 0.0216. The molecule has 19 heavy (non-hydrogen) atoms. The fraction of sp³-hybridized carbons (Fsp3) is 0.133. The predicted octanol–water partition coefficient (Wildman–Crippen LogP) is 2.08. The van der Waals surface area contributed by atoms with Crippen LogP contribution in [0.5, 0.6) is 5.75 Å². The number of hydrogen-bond donors (Lipinski definition) is 1. The average molecular weight is 320 g/mol. The minimum absolute atomic E-state index is 0.0216. The quantitative estimate of drug-likeness (QED) is 0.857. The predicted molar refractivity (Wildman–Crippen MR) is 78.3 cm³/mol. The summed E-state index contributed by atoms with van der Waals surface area (Å²) in [7, 11) is 1.60. The molecule has 1 amide bonds. The molecule has 0 aromatic heterocycles. The summed E-state index contributed by atoms with van der Waals surface area (Å²) in [5.41, 5.74) is 0.721. The van der Waals surface area contributed by atoms with Crippen molar-refractivity contribution < 1.29 is 9.53 Å². The number of amides is 1. The molecule has 0 aliphatic rings. The summed E-state index contributed by atoms with van der Waals surface area (Å²) >= 11 is 0.160. The number of hydrogen-bond acceptors (Lipinski definition) is 2. The van der Waals surface area contributed by atoms with Crippen molar-refractivity contribution in [3.8, 4) is 5.75 Å². The summed E-state index contributed by atoms with van der Waals surface area (Å²) < 4.78 is 6.43. The van der Waals surface area contributed by atoms with Gasteiger partial charge in [-0.15, -0.1) is 0 Å². The number of rotatable bonds is 5. The molecule has 0 aliphatic heterocycles. The molecule has 0 heterocycles. The number of carbonyl (C=O) groups is 1. The summed E-state index contributed by atoms with van der Waals surface area (Å²) in [6.07, 6.45) is 0. The van der Waals surface area contributed by atoms with Crippen molar-refractivity contribution >= 4 is 31.0 Å². The van der Waals surface area contributed by atoms with Crippen molar-refractivity contribution in [2.24, 2.45) is 0 Å². The van der Waals surface area contributed by atoms with Crippen molar-refractivity contribution in [1.29, 1.82) is 0 Å². The molecular weight excluding hydrogens is 305 g/mol. The molecule has 2 aromatic rings. The van der Waals surface area contributed by atoms with E-state index in [0.29, 0.717) is 11.1 Å². The van der Waals surface area contributed by atoms with Crippen molar-refractivity contribution in [1.82, 2.24) is 0 Å². The molecule has 0 saturated heterocycles. The number of anilines is 1. The maximum atomic E-state index is 11.9. The number of methoxy groups -OCH3 is 1. The fourth-order valence-corrected chi connectivity index (χ4v) is 3.11. The maximum absolute atomic E-state index is 11.9. The molecule has 0 spiro atoms. The van der Waals surface area contributed by atoms with Gasteiger partial charge in [0.2, 0.25) is 0 Å². The Kier molecular flexibility index (Phi) is 5.01. The molecule has 3 nitrogen and oxygen atoms in total. The van der Waals surface area contributed by atoms with Gasteiger partial charge in [-0.3, -0.25) is 0 Å². The third-order valence-corrected chi connectivity index (χ3v) is 4.62. The van der Waals surface area contributed by atoms with E-state index < -0.39 is 0 Å². The molecule has 2 aromatic carbocycles. The second-order valence-electron chi connectivity index (χ2n) is 3.85. The summed E-state index contributed by atoms with van der Waals surface area (Å²) in [6.45, 7) is 0. The molecule has 1 N–H and O–H groups in total. The van der Waals surface area contributed by atoms with E-state index in [4.69, 9.17) is 4.74 Å². The van der Waals surface area contributed by atoms with Crippen LogP contribution in [0.4, 0.5) is 5.69 Å². The van der Waals surface area contributed by atoms with Gasteiger partial charge >= 0.3 is 119 Å². The Morgan fingerprint density at radius 3 is 2.53 bits per heavy atom. The Morgan fingerprint density at radius 2 is 1.79 bits per heavy atom. The normalized spacial score (nSPS) is 9.95. The Hall–Kier alpha value is -1.77. The van der Waals surface area contributed by atoms with E-state index >= 15 is 0 Å². The topological polar surface area (TPSA) is 38.3 Å². The van der Waals surface area contributed by atoms with E-state index in [2.05, 4.69) is 17.4 Å². The molecule has 4 heteroatoms. The average Bonchev–Trinajstić information content (AvgIpc) is 2.47. The molecule has 0 radical (unpaired) electrons. The molecule has 0 bridgehead atoms. The zero-order valence-corrected chi connectivity index (χ0v) is 12.3. The van der Waals surface area contributed by atoms with Gasteiger partial charge in [0, 0.05) is 0 Å². The second-order valence-corrected chi connectivity index (χ2v) is 6.05.